The lowest BCUT2D eigenvalue weighted by atomic mass is 9.95. The second-order valence-corrected chi connectivity index (χ2v) is 10.6. The zero-order valence-corrected chi connectivity index (χ0v) is 24.3. The van der Waals surface area contributed by atoms with Crippen LogP contribution in [0.3, 0.4) is 0 Å². The molecule has 206 valence electrons. The van der Waals surface area contributed by atoms with Crippen molar-refractivity contribution >= 4 is 46.6 Å². The second-order valence-electron chi connectivity index (χ2n) is 8.74. The molecule has 40 heavy (non-hydrogen) atoms. The third-order valence-electron chi connectivity index (χ3n) is 6.35. The summed E-state index contributed by atoms with van der Waals surface area (Å²) in [5.41, 5.74) is 1.57. The topological polar surface area (TPSA) is 92.3 Å². The number of ether oxygens (including phenoxy) is 3. The highest BCUT2D eigenvalue weighted by Crippen LogP contribution is 2.38. The number of esters is 1. The Morgan fingerprint density at radius 3 is 2.62 bits per heavy atom. The van der Waals surface area contributed by atoms with Gasteiger partial charge in [-0.25, -0.2) is 9.79 Å². The summed E-state index contributed by atoms with van der Waals surface area (Å²) in [6.45, 7) is 3.61. The molecule has 0 spiro atoms. The lowest BCUT2D eigenvalue weighted by molar-refractivity contribution is -0.139. The molecule has 0 fully saturated rings. The van der Waals surface area contributed by atoms with E-state index in [1.807, 2.05) is 0 Å². The normalized spacial score (nSPS) is 15.1. The largest absolute Gasteiger partial charge is 0.497 e. The van der Waals surface area contributed by atoms with Crippen LogP contribution in [0.4, 0.5) is 0 Å². The summed E-state index contributed by atoms with van der Waals surface area (Å²) in [6, 6.07) is 13.0. The minimum absolute atomic E-state index is 0.167. The summed E-state index contributed by atoms with van der Waals surface area (Å²) >= 11 is 13.5. The number of aromatic nitrogens is 1. The molecule has 8 nitrogen and oxygen atoms in total. The van der Waals surface area contributed by atoms with E-state index in [9.17, 15) is 9.59 Å². The number of benzene rings is 2. The number of halogens is 2. The van der Waals surface area contributed by atoms with Crippen LogP contribution in [-0.2, 0) is 9.53 Å². The maximum Gasteiger partial charge on any atom is 0.338 e. The quantitative estimate of drug-likeness (QED) is 0.265. The van der Waals surface area contributed by atoms with E-state index < -0.39 is 12.0 Å². The first-order valence-corrected chi connectivity index (χ1v) is 13.8. The first kappa shape index (κ1) is 27.8. The average Bonchev–Trinajstić information content (AvgIpc) is 3.51. The van der Waals surface area contributed by atoms with Crippen molar-refractivity contribution in [1.29, 1.82) is 0 Å². The van der Waals surface area contributed by atoms with Gasteiger partial charge in [0.05, 0.1) is 41.7 Å². The molecule has 1 aliphatic heterocycles. The maximum absolute atomic E-state index is 13.9. The SMILES string of the molecule is CCOC(=O)C1=C(C)N=c2s/c(=C\c3ccc(-c4ccc(Cl)cc4Cl)o3)c(=O)n2C1c1cc(OC)ccc1OC. The number of carbonyl (C=O) groups excluding carboxylic acids is 1. The third-order valence-corrected chi connectivity index (χ3v) is 7.88. The number of methoxy groups -OCH3 is 2. The number of carbonyl (C=O) groups is 1. The smallest absolute Gasteiger partial charge is 0.338 e. The van der Waals surface area contributed by atoms with Gasteiger partial charge in [-0.2, -0.15) is 0 Å². The van der Waals surface area contributed by atoms with Crippen LogP contribution in [0.2, 0.25) is 10.0 Å². The highest BCUT2D eigenvalue weighted by Gasteiger charge is 2.35. The molecule has 11 heteroatoms. The van der Waals surface area contributed by atoms with Gasteiger partial charge in [-0.1, -0.05) is 34.5 Å². The Morgan fingerprint density at radius 1 is 1.12 bits per heavy atom. The van der Waals surface area contributed by atoms with Crippen LogP contribution in [0.25, 0.3) is 17.4 Å². The number of nitrogens with zero attached hydrogens (tertiary/aromatic N) is 2. The standard InChI is InChI=1S/C29H24Cl2N2O6S/c1-5-38-28(35)25-15(2)32-29-33(26(25)20-13-17(36-3)7-10-22(20)37-4)27(34)24(40-29)14-18-8-11-23(39-18)19-9-6-16(30)12-21(19)31/h6-14,26H,5H2,1-4H3/b24-14-. The zero-order chi connectivity index (χ0) is 28.6. The predicted molar refractivity (Wildman–Crippen MR) is 154 cm³/mol. The van der Waals surface area contributed by atoms with Crippen LogP contribution < -0.4 is 24.4 Å². The van der Waals surface area contributed by atoms with Crippen LogP contribution in [0, 0.1) is 0 Å². The van der Waals surface area contributed by atoms with Crippen molar-refractivity contribution in [2.24, 2.45) is 4.99 Å². The minimum Gasteiger partial charge on any atom is -0.497 e. The number of hydrogen-bond donors (Lipinski definition) is 0. The zero-order valence-electron chi connectivity index (χ0n) is 22.0. The van der Waals surface area contributed by atoms with Crippen molar-refractivity contribution in [3.05, 3.63) is 101 Å². The highest BCUT2D eigenvalue weighted by molar-refractivity contribution is 7.07. The van der Waals surface area contributed by atoms with Gasteiger partial charge < -0.3 is 18.6 Å². The van der Waals surface area contributed by atoms with Gasteiger partial charge in [0, 0.05) is 22.2 Å². The fourth-order valence-electron chi connectivity index (χ4n) is 4.53. The van der Waals surface area contributed by atoms with E-state index in [1.54, 1.807) is 75.6 Å². The van der Waals surface area contributed by atoms with Gasteiger partial charge in [-0.05, 0) is 62.4 Å². The maximum atomic E-state index is 13.9. The molecule has 2 aromatic heterocycles. The Labute approximate surface area is 243 Å². The molecule has 2 aromatic carbocycles. The van der Waals surface area contributed by atoms with Gasteiger partial charge in [-0.15, -0.1) is 0 Å². The molecule has 0 amide bonds. The van der Waals surface area contributed by atoms with Crippen molar-refractivity contribution < 1.29 is 23.4 Å². The average molecular weight is 599 g/mol. The van der Waals surface area contributed by atoms with Crippen molar-refractivity contribution in [3.63, 3.8) is 0 Å². The van der Waals surface area contributed by atoms with Crippen molar-refractivity contribution in [3.8, 4) is 22.8 Å². The molecule has 4 aromatic rings. The number of allylic oxidation sites excluding steroid dienone is 1. The van der Waals surface area contributed by atoms with E-state index in [-0.39, 0.29) is 17.7 Å². The van der Waals surface area contributed by atoms with E-state index in [2.05, 4.69) is 4.99 Å². The van der Waals surface area contributed by atoms with Crippen molar-refractivity contribution in [2.75, 3.05) is 20.8 Å². The summed E-state index contributed by atoms with van der Waals surface area (Å²) in [5.74, 6) is 1.43. The molecular weight excluding hydrogens is 575 g/mol. The van der Waals surface area contributed by atoms with Gasteiger partial charge in [0.25, 0.3) is 5.56 Å². The molecule has 0 saturated carbocycles. The van der Waals surface area contributed by atoms with Crippen LogP contribution in [0.1, 0.15) is 31.2 Å². The predicted octanol–water partition coefficient (Wildman–Crippen LogP) is 5.38. The Kier molecular flexibility index (Phi) is 7.89. The van der Waals surface area contributed by atoms with Crippen LogP contribution >= 0.6 is 34.5 Å². The summed E-state index contributed by atoms with van der Waals surface area (Å²) < 4.78 is 24.3. The van der Waals surface area contributed by atoms with Crippen molar-refractivity contribution in [2.45, 2.75) is 19.9 Å². The molecule has 5 rings (SSSR count). The lowest BCUT2D eigenvalue weighted by Crippen LogP contribution is -2.40. The van der Waals surface area contributed by atoms with E-state index in [1.165, 1.54) is 23.0 Å². The molecule has 0 saturated heterocycles. The lowest BCUT2D eigenvalue weighted by Gasteiger charge is -2.26. The molecule has 0 radical (unpaired) electrons. The molecule has 3 heterocycles. The number of thiazole rings is 1. The Morgan fingerprint density at radius 2 is 1.93 bits per heavy atom. The van der Waals surface area contributed by atoms with Crippen LogP contribution in [0.5, 0.6) is 11.5 Å². The summed E-state index contributed by atoms with van der Waals surface area (Å²) in [4.78, 5) is 32.1. The van der Waals surface area contributed by atoms with Crippen LogP contribution in [0.15, 0.2) is 74.0 Å². The molecule has 1 unspecified atom stereocenters. The number of furan rings is 1. The van der Waals surface area contributed by atoms with Crippen LogP contribution in [-0.4, -0.2) is 31.4 Å². The molecule has 0 aliphatic carbocycles. The van der Waals surface area contributed by atoms with Gasteiger partial charge in [-0.3, -0.25) is 9.36 Å². The first-order chi connectivity index (χ1) is 19.2. The number of hydrogen-bond acceptors (Lipinski definition) is 8. The Hall–Kier alpha value is -3.79. The fourth-order valence-corrected chi connectivity index (χ4v) is 6.06. The molecule has 0 bridgehead atoms. The summed E-state index contributed by atoms with van der Waals surface area (Å²) in [7, 11) is 3.07. The van der Waals surface area contributed by atoms with Gasteiger partial charge in [0.2, 0.25) is 0 Å². The van der Waals surface area contributed by atoms with E-state index in [0.717, 1.165) is 0 Å². The van der Waals surface area contributed by atoms with Gasteiger partial charge in [0.15, 0.2) is 4.80 Å². The summed E-state index contributed by atoms with van der Waals surface area (Å²) in [6.07, 6.45) is 1.64. The van der Waals surface area contributed by atoms with Gasteiger partial charge in [0.1, 0.15) is 29.1 Å². The first-order valence-electron chi connectivity index (χ1n) is 12.2. The van der Waals surface area contributed by atoms with E-state index >= 15 is 0 Å². The van der Waals surface area contributed by atoms with E-state index in [4.69, 9.17) is 41.8 Å². The monoisotopic (exact) mass is 598 g/mol. The summed E-state index contributed by atoms with van der Waals surface area (Å²) in [5, 5.41) is 0.961. The Balaban J connectivity index is 1.68. The molecular formula is C29H24Cl2N2O6S. The highest BCUT2D eigenvalue weighted by atomic mass is 35.5. The number of fused-ring (bicyclic) bond motifs is 1. The second kappa shape index (κ2) is 11.4. The molecule has 0 N–H and O–H groups in total. The minimum atomic E-state index is -0.859. The van der Waals surface area contributed by atoms with Crippen molar-refractivity contribution in [1.82, 2.24) is 4.57 Å². The molecule has 1 atom stereocenters. The molecule has 1 aliphatic rings. The van der Waals surface area contributed by atoms with Gasteiger partial charge >= 0.3 is 5.97 Å². The third kappa shape index (κ3) is 5.08. The fraction of sp³-hybridized carbons (Fsp3) is 0.207. The van der Waals surface area contributed by atoms with E-state index in [0.29, 0.717) is 59.2 Å². The Bertz CT molecular complexity index is 1840. The number of rotatable bonds is 7.